The Kier molecular flexibility index (Phi) is 4.06. The molecule has 0 radical (unpaired) electrons. The van der Waals surface area contributed by atoms with Crippen molar-refractivity contribution in [2.24, 2.45) is 7.05 Å². The van der Waals surface area contributed by atoms with Crippen molar-refractivity contribution in [2.75, 3.05) is 5.32 Å². The molecule has 0 fully saturated rings. The molecule has 5 heteroatoms. The molecule has 0 saturated heterocycles. The molecule has 1 heterocycles. The second kappa shape index (κ2) is 5.61. The summed E-state index contributed by atoms with van der Waals surface area (Å²) >= 11 is 0. The van der Waals surface area contributed by atoms with Crippen LogP contribution in [0.3, 0.4) is 0 Å². The Hall–Kier alpha value is -1.91. The van der Waals surface area contributed by atoms with Gasteiger partial charge in [0.1, 0.15) is 11.6 Å². The van der Waals surface area contributed by atoms with E-state index in [1.165, 1.54) is 12.1 Å². The molecule has 2 aromatic rings. The van der Waals surface area contributed by atoms with E-state index in [1.807, 2.05) is 13.2 Å². The number of aryl methyl sites for hydroxylation is 2. The summed E-state index contributed by atoms with van der Waals surface area (Å²) in [6, 6.07) is 2.39. The Morgan fingerprint density at radius 2 is 1.95 bits per heavy atom. The predicted molar refractivity (Wildman–Crippen MR) is 75.7 cm³/mol. The van der Waals surface area contributed by atoms with Gasteiger partial charge in [0, 0.05) is 31.4 Å². The highest BCUT2D eigenvalue weighted by atomic mass is 19.1. The molecule has 0 aliphatic rings. The van der Waals surface area contributed by atoms with E-state index in [0.717, 1.165) is 11.3 Å². The molecular weight excluding hydrogens is 260 g/mol. The van der Waals surface area contributed by atoms with Gasteiger partial charge in [0.05, 0.1) is 11.4 Å². The van der Waals surface area contributed by atoms with Crippen molar-refractivity contribution in [3.05, 3.63) is 46.8 Å². The minimum Gasteiger partial charge on any atom is -0.378 e. The molecule has 0 bridgehead atoms. The highest BCUT2D eigenvalue weighted by Gasteiger charge is 2.12. The average Bonchev–Trinajstić information content (AvgIpc) is 2.74. The van der Waals surface area contributed by atoms with E-state index in [4.69, 9.17) is 0 Å². The van der Waals surface area contributed by atoms with E-state index in [1.54, 1.807) is 11.6 Å². The number of nitrogens with one attached hydrogen (secondary N) is 1. The highest BCUT2D eigenvalue weighted by Crippen LogP contribution is 2.22. The molecule has 0 amide bonds. The topological polar surface area (TPSA) is 29.9 Å². The molecule has 1 aromatic carbocycles. The normalized spacial score (nSPS) is 11.2. The van der Waals surface area contributed by atoms with E-state index in [0.29, 0.717) is 12.1 Å². The largest absolute Gasteiger partial charge is 0.378 e. The van der Waals surface area contributed by atoms with Crippen LogP contribution in [-0.2, 0) is 13.6 Å². The van der Waals surface area contributed by atoms with Crippen molar-refractivity contribution in [1.29, 1.82) is 0 Å². The molecule has 3 nitrogen and oxygen atoms in total. The standard InChI is InChI=1S/C15H19F2N3/c1-9(2)15-11(8-20(4)19-15)7-18-14-6-12(16)10(3)5-13(14)17/h5-6,8-9,18H,7H2,1-4H3. The Morgan fingerprint density at radius 1 is 1.25 bits per heavy atom. The van der Waals surface area contributed by atoms with E-state index in [-0.39, 0.29) is 11.6 Å². The van der Waals surface area contributed by atoms with Crippen LogP contribution in [0.1, 0.15) is 36.6 Å². The summed E-state index contributed by atoms with van der Waals surface area (Å²) in [7, 11) is 1.85. The Morgan fingerprint density at radius 3 is 2.60 bits per heavy atom. The fourth-order valence-electron chi connectivity index (χ4n) is 2.15. The highest BCUT2D eigenvalue weighted by molar-refractivity contribution is 5.47. The van der Waals surface area contributed by atoms with Gasteiger partial charge in [0.2, 0.25) is 0 Å². The van der Waals surface area contributed by atoms with E-state index >= 15 is 0 Å². The molecule has 108 valence electrons. The summed E-state index contributed by atoms with van der Waals surface area (Å²) in [5, 5.41) is 7.32. The molecule has 1 aromatic heterocycles. The zero-order valence-electron chi connectivity index (χ0n) is 12.2. The van der Waals surface area contributed by atoms with Gasteiger partial charge in [-0.2, -0.15) is 5.10 Å². The maximum atomic E-state index is 13.7. The first-order valence-electron chi connectivity index (χ1n) is 6.60. The molecule has 0 aliphatic heterocycles. The molecule has 1 N–H and O–H groups in total. The van der Waals surface area contributed by atoms with Crippen LogP contribution in [0, 0.1) is 18.6 Å². The first-order valence-corrected chi connectivity index (χ1v) is 6.60. The van der Waals surface area contributed by atoms with Crippen LogP contribution in [0.4, 0.5) is 14.5 Å². The van der Waals surface area contributed by atoms with E-state index in [2.05, 4.69) is 24.3 Å². The van der Waals surface area contributed by atoms with Gasteiger partial charge in [-0.1, -0.05) is 13.8 Å². The van der Waals surface area contributed by atoms with Gasteiger partial charge in [0.25, 0.3) is 0 Å². The third-order valence-corrected chi connectivity index (χ3v) is 3.20. The lowest BCUT2D eigenvalue weighted by molar-refractivity contribution is 0.594. The lowest BCUT2D eigenvalue weighted by Gasteiger charge is -2.10. The number of anilines is 1. The summed E-state index contributed by atoms with van der Waals surface area (Å²) in [6.07, 6.45) is 1.89. The van der Waals surface area contributed by atoms with Gasteiger partial charge in [-0.25, -0.2) is 8.78 Å². The summed E-state index contributed by atoms with van der Waals surface area (Å²) in [6.45, 7) is 6.07. The monoisotopic (exact) mass is 279 g/mol. The van der Waals surface area contributed by atoms with Crippen molar-refractivity contribution in [3.8, 4) is 0 Å². The van der Waals surface area contributed by atoms with Crippen LogP contribution in [0.15, 0.2) is 18.3 Å². The average molecular weight is 279 g/mol. The number of hydrogen-bond acceptors (Lipinski definition) is 2. The summed E-state index contributed by atoms with van der Waals surface area (Å²) in [5.74, 6) is -0.573. The van der Waals surface area contributed by atoms with Crippen LogP contribution >= 0.6 is 0 Å². The summed E-state index contributed by atoms with van der Waals surface area (Å²) < 4.78 is 29.0. The van der Waals surface area contributed by atoms with Crippen molar-refractivity contribution < 1.29 is 8.78 Å². The summed E-state index contributed by atoms with van der Waals surface area (Å²) in [5.41, 5.74) is 2.43. The van der Waals surface area contributed by atoms with Crippen molar-refractivity contribution in [3.63, 3.8) is 0 Å². The molecule has 0 unspecified atom stereocenters. The van der Waals surface area contributed by atoms with Gasteiger partial charge < -0.3 is 5.32 Å². The fourth-order valence-corrected chi connectivity index (χ4v) is 2.15. The van der Waals surface area contributed by atoms with Crippen LogP contribution in [-0.4, -0.2) is 9.78 Å². The number of hydrogen-bond donors (Lipinski definition) is 1. The van der Waals surface area contributed by atoms with Gasteiger partial charge in [-0.15, -0.1) is 0 Å². The van der Waals surface area contributed by atoms with Gasteiger partial charge in [0.15, 0.2) is 0 Å². The lowest BCUT2D eigenvalue weighted by atomic mass is 10.1. The number of rotatable bonds is 4. The second-order valence-electron chi connectivity index (χ2n) is 5.30. The fraction of sp³-hybridized carbons (Fsp3) is 0.400. The maximum Gasteiger partial charge on any atom is 0.146 e. The first-order chi connectivity index (χ1) is 9.38. The zero-order chi connectivity index (χ0) is 14.9. The van der Waals surface area contributed by atoms with Gasteiger partial charge in [-0.3, -0.25) is 4.68 Å². The number of benzene rings is 1. The predicted octanol–water partition coefficient (Wildman–Crippen LogP) is 3.74. The van der Waals surface area contributed by atoms with E-state index in [9.17, 15) is 8.78 Å². The molecule has 0 aliphatic carbocycles. The van der Waals surface area contributed by atoms with Crippen LogP contribution in [0.5, 0.6) is 0 Å². The SMILES string of the molecule is Cc1cc(F)c(NCc2cn(C)nc2C(C)C)cc1F. The molecule has 2 rings (SSSR count). The molecule has 0 atom stereocenters. The molecule has 0 spiro atoms. The quantitative estimate of drug-likeness (QED) is 0.924. The summed E-state index contributed by atoms with van der Waals surface area (Å²) in [4.78, 5) is 0. The maximum absolute atomic E-state index is 13.7. The van der Waals surface area contributed by atoms with Gasteiger partial charge in [-0.05, 0) is 24.5 Å². The first kappa shape index (κ1) is 14.5. The lowest BCUT2D eigenvalue weighted by Crippen LogP contribution is -2.05. The Labute approximate surface area is 117 Å². The smallest absolute Gasteiger partial charge is 0.146 e. The van der Waals surface area contributed by atoms with Crippen molar-refractivity contribution in [1.82, 2.24) is 9.78 Å². The molecular formula is C15H19F2N3. The number of halogens is 2. The third kappa shape index (κ3) is 2.98. The van der Waals surface area contributed by atoms with Crippen molar-refractivity contribution in [2.45, 2.75) is 33.2 Å². The van der Waals surface area contributed by atoms with Crippen LogP contribution in [0.25, 0.3) is 0 Å². The Balaban J connectivity index is 2.19. The number of nitrogens with zero attached hydrogens (tertiary/aromatic N) is 2. The van der Waals surface area contributed by atoms with E-state index < -0.39 is 11.6 Å². The third-order valence-electron chi connectivity index (χ3n) is 3.20. The molecule has 0 saturated carbocycles. The zero-order valence-corrected chi connectivity index (χ0v) is 12.2. The minimum atomic E-state index is -0.445. The Bertz CT molecular complexity index is 618. The van der Waals surface area contributed by atoms with Crippen LogP contribution < -0.4 is 5.32 Å². The minimum absolute atomic E-state index is 0.173. The van der Waals surface area contributed by atoms with Crippen LogP contribution in [0.2, 0.25) is 0 Å². The molecule has 20 heavy (non-hydrogen) atoms. The number of aromatic nitrogens is 2. The second-order valence-corrected chi connectivity index (χ2v) is 5.30. The van der Waals surface area contributed by atoms with Crippen molar-refractivity contribution >= 4 is 5.69 Å². The van der Waals surface area contributed by atoms with Gasteiger partial charge >= 0.3 is 0 Å².